The highest BCUT2D eigenvalue weighted by Crippen LogP contribution is 2.45. The second-order valence-corrected chi connectivity index (χ2v) is 8.63. The molecule has 0 spiro atoms. The van der Waals surface area contributed by atoms with Gasteiger partial charge in [-0.25, -0.2) is 4.98 Å². The van der Waals surface area contributed by atoms with Crippen LogP contribution < -0.4 is 5.32 Å². The summed E-state index contributed by atoms with van der Waals surface area (Å²) < 4.78 is 2.27. The molecule has 0 aliphatic heterocycles. The van der Waals surface area contributed by atoms with Gasteiger partial charge in [-0.3, -0.25) is 14.5 Å². The van der Waals surface area contributed by atoms with Crippen LogP contribution in [-0.4, -0.2) is 25.7 Å². The van der Waals surface area contributed by atoms with E-state index in [1.54, 1.807) is 17.5 Å². The van der Waals surface area contributed by atoms with Gasteiger partial charge in [0, 0.05) is 30.4 Å². The predicted octanol–water partition coefficient (Wildman–Crippen LogP) is 4.63. The van der Waals surface area contributed by atoms with E-state index in [4.69, 9.17) is 10.1 Å². The molecule has 0 aromatic carbocycles. The van der Waals surface area contributed by atoms with E-state index in [0.29, 0.717) is 11.2 Å². The molecule has 3 aromatic heterocycles. The molecule has 1 amide bonds. The highest BCUT2D eigenvalue weighted by Gasteiger charge is 2.32. The first kappa shape index (κ1) is 17.6. The van der Waals surface area contributed by atoms with E-state index < -0.39 is 0 Å². The van der Waals surface area contributed by atoms with Crippen LogP contribution in [0.4, 0.5) is 5.13 Å². The fourth-order valence-corrected chi connectivity index (χ4v) is 5.55. The Hall–Kier alpha value is -2.54. The van der Waals surface area contributed by atoms with Crippen LogP contribution in [0, 0.1) is 0 Å². The lowest BCUT2D eigenvalue weighted by Gasteiger charge is -2.25. The van der Waals surface area contributed by atoms with Gasteiger partial charge in [-0.2, -0.15) is 5.10 Å². The predicted molar refractivity (Wildman–Crippen MR) is 110 cm³/mol. The summed E-state index contributed by atoms with van der Waals surface area (Å²) in [5.74, 6) is -0.0804. The van der Waals surface area contributed by atoms with Crippen molar-refractivity contribution in [2.24, 2.45) is 0 Å². The monoisotopic (exact) mass is 393 g/mol. The third-order valence-corrected chi connectivity index (χ3v) is 6.69. The molecule has 2 aliphatic carbocycles. The van der Waals surface area contributed by atoms with Crippen molar-refractivity contribution in [3.8, 4) is 21.8 Å². The van der Waals surface area contributed by atoms with Crippen LogP contribution in [-0.2, 0) is 17.6 Å². The number of anilines is 1. The number of thiazole rings is 1. The number of hydrogen-bond acceptors (Lipinski definition) is 5. The average molecular weight is 394 g/mol. The molecule has 1 fully saturated rings. The molecular formula is C21H23N5OS. The van der Waals surface area contributed by atoms with Gasteiger partial charge in [-0.05, 0) is 37.8 Å². The Labute approximate surface area is 168 Å². The average Bonchev–Trinajstić information content (AvgIpc) is 3.29. The lowest BCUT2D eigenvalue weighted by molar-refractivity contribution is -0.114. The number of carbonyl (C=O) groups excluding carboxylic acids is 1. The fourth-order valence-electron chi connectivity index (χ4n) is 4.42. The van der Waals surface area contributed by atoms with Crippen LogP contribution in [0.3, 0.4) is 0 Å². The number of rotatable bonds is 3. The number of nitrogens with zero attached hydrogens (tertiary/aromatic N) is 4. The molecule has 1 N–H and O–H groups in total. The Morgan fingerprint density at radius 3 is 2.86 bits per heavy atom. The zero-order chi connectivity index (χ0) is 19.1. The maximum absolute atomic E-state index is 11.5. The maximum atomic E-state index is 11.5. The summed E-state index contributed by atoms with van der Waals surface area (Å²) in [4.78, 5) is 21.7. The van der Waals surface area contributed by atoms with Crippen LogP contribution in [0.1, 0.15) is 56.3 Å². The Morgan fingerprint density at radius 1 is 1.25 bits per heavy atom. The van der Waals surface area contributed by atoms with Gasteiger partial charge in [0.05, 0.1) is 28.0 Å². The van der Waals surface area contributed by atoms with Gasteiger partial charge in [0.2, 0.25) is 5.91 Å². The minimum Gasteiger partial charge on any atom is -0.302 e. The first-order valence-electron chi connectivity index (χ1n) is 10.00. The van der Waals surface area contributed by atoms with Gasteiger partial charge in [0.15, 0.2) is 5.13 Å². The van der Waals surface area contributed by atoms with Crippen molar-refractivity contribution in [3.63, 3.8) is 0 Å². The van der Waals surface area contributed by atoms with Crippen LogP contribution in [0.25, 0.3) is 21.8 Å². The zero-order valence-electron chi connectivity index (χ0n) is 15.9. The normalized spacial score (nSPS) is 16.5. The van der Waals surface area contributed by atoms with E-state index in [0.717, 1.165) is 29.8 Å². The summed E-state index contributed by atoms with van der Waals surface area (Å²) in [5.41, 5.74) is 5.71. The molecule has 28 heavy (non-hydrogen) atoms. The van der Waals surface area contributed by atoms with Gasteiger partial charge in [0.25, 0.3) is 0 Å². The van der Waals surface area contributed by atoms with E-state index in [1.807, 2.05) is 12.3 Å². The van der Waals surface area contributed by atoms with Crippen LogP contribution in [0.2, 0.25) is 0 Å². The SMILES string of the molecule is CC(=O)Nc1nc2c(s1)-c1c(c(-c3cccnc3)nn1C1CCCCC1)CC2. The number of carbonyl (C=O) groups is 1. The molecule has 7 heteroatoms. The van der Waals surface area contributed by atoms with Gasteiger partial charge >= 0.3 is 0 Å². The highest BCUT2D eigenvalue weighted by atomic mass is 32.1. The quantitative estimate of drug-likeness (QED) is 0.704. The summed E-state index contributed by atoms with van der Waals surface area (Å²) in [6.45, 7) is 1.53. The van der Waals surface area contributed by atoms with Crippen molar-refractivity contribution in [2.45, 2.75) is 57.9 Å². The van der Waals surface area contributed by atoms with E-state index in [1.165, 1.54) is 55.2 Å². The molecule has 5 rings (SSSR count). The number of amides is 1. The van der Waals surface area contributed by atoms with Gasteiger partial charge < -0.3 is 5.32 Å². The summed E-state index contributed by atoms with van der Waals surface area (Å²) >= 11 is 1.57. The fraction of sp³-hybridized carbons (Fsp3) is 0.429. The largest absolute Gasteiger partial charge is 0.302 e. The first-order chi connectivity index (χ1) is 13.7. The van der Waals surface area contributed by atoms with Crippen LogP contribution >= 0.6 is 11.3 Å². The maximum Gasteiger partial charge on any atom is 0.223 e. The van der Waals surface area contributed by atoms with E-state index in [-0.39, 0.29) is 5.91 Å². The molecule has 144 valence electrons. The standard InChI is InChI=1S/C21H23N5OS/c1-13(27)23-21-24-17-10-9-16-18(14-6-5-11-22-12-14)25-26(19(16)20(17)28-21)15-7-3-2-4-8-15/h5-6,11-12,15H,2-4,7-10H2,1H3,(H,23,24,27). The van der Waals surface area contributed by atoms with Crippen molar-refractivity contribution < 1.29 is 4.79 Å². The Morgan fingerprint density at radius 2 is 2.11 bits per heavy atom. The van der Waals surface area contributed by atoms with E-state index in [9.17, 15) is 4.79 Å². The lowest BCUT2D eigenvalue weighted by atomic mass is 9.93. The van der Waals surface area contributed by atoms with Crippen molar-refractivity contribution in [3.05, 3.63) is 35.8 Å². The summed E-state index contributed by atoms with van der Waals surface area (Å²) in [6.07, 6.45) is 11.7. The number of aryl methyl sites for hydroxylation is 1. The lowest BCUT2D eigenvalue weighted by Crippen LogP contribution is -2.16. The van der Waals surface area contributed by atoms with Crippen molar-refractivity contribution in [1.82, 2.24) is 19.7 Å². The van der Waals surface area contributed by atoms with Crippen molar-refractivity contribution in [1.29, 1.82) is 0 Å². The summed E-state index contributed by atoms with van der Waals surface area (Å²) in [7, 11) is 0. The van der Waals surface area contributed by atoms with E-state index >= 15 is 0 Å². The molecule has 3 aromatic rings. The summed E-state index contributed by atoms with van der Waals surface area (Å²) in [5, 5.41) is 8.67. The second-order valence-electron chi connectivity index (χ2n) is 7.63. The van der Waals surface area contributed by atoms with E-state index in [2.05, 4.69) is 21.0 Å². The molecule has 1 saturated carbocycles. The molecule has 0 radical (unpaired) electrons. The number of hydrogen-bond donors (Lipinski definition) is 1. The highest BCUT2D eigenvalue weighted by molar-refractivity contribution is 7.19. The minimum absolute atomic E-state index is 0.0804. The third kappa shape index (κ3) is 3.03. The number of nitrogens with one attached hydrogen (secondary N) is 1. The van der Waals surface area contributed by atoms with Gasteiger partial charge in [-0.1, -0.05) is 30.6 Å². The number of pyridine rings is 1. The Balaban J connectivity index is 1.67. The second kappa shape index (κ2) is 7.13. The van der Waals surface area contributed by atoms with Crippen molar-refractivity contribution in [2.75, 3.05) is 5.32 Å². The smallest absolute Gasteiger partial charge is 0.223 e. The molecule has 0 atom stereocenters. The molecule has 2 aliphatic rings. The van der Waals surface area contributed by atoms with Crippen molar-refractivity contribution >= 4 is 22.4 Å². The molecule has 3 heterocycles. The zero-order valence-corrected chi connectivity index (χ0v) is 16.8. The molecule has 6 nitrogen and oxygen atoms in total. The first-order valence-corrected chi connectivity index (χ1v) is 10.8. The van der Waals surface area contributed by atoms with Crippen LogP contribution in [0.5, 0.6) is 0 Å². The van der Waals surface area contributed by atoms with Gasteiger partial charge in [0.1, 0.15) is 0 Å². The third-order valence-electron chi connectivity index (χ3n) is 5.67. The molecule has 0 saturated heterocycles. The molecule has 0 bridgehead atoms. The molecule has 0 unspecified atom stereocenters. The number of aromatic nitrogens is 4. The molecular weight excluding hydrogens is 370 g/mol. The minimum atomic E-state index is -0.0804. The Bertz CT molecular complexity index is 1020. The Kier molecular flexibility index (Phi) is 4.47. The topological polar surface area (TPSA) is 72.7 Å². The summed E-state index contributed by atoms with van der Waals surface area (Å²) in [6, 6.07) is 4.49. The van der Waals surface area contributed by atoms with Gasteiger partial charge in [-0.15, -0.1) is 0 Å². The number of fused-ring (bicyclic) bond motifs is 3. The van der Waals surface area contributed by atoms with Crippen LogP contribution in [0.15, 0.2) is 24.5 Å².